The maximum Gasteiger partial charge on any atom is 0.142 e. The molecular weight excluding hydrogens is 290 g/mol. The number of benzene rings is 2. The highest BCUT2D eigenvalue weighted by molar-refractivity contribution is 5.74. The molecule has 23 heavy (non-hydrogen) atoms. The van der Waals surface area contributed by atoms with Crippen LogP contribution in [0.3, 0.4) is 0 Å². The van der Waals surface area contributed by atoms with Gasteiger partial charge in [0.05, 0.1) is 6.33 Å². The maximum atomic E-state index is 5.72. The lowest BCUT2D eigenvalue weighted by Gasteiger charge is -2.06. The summed E-state index contributed by atoms with van der Waals surface area (Å²) in [6, 6.07) is 16.0. The monoisotopic (exact) mass is 305 g/mol. The van der Waals surface area contributed by atoms with Crippen LogP contribution in [0.25, 0.3) is 11.0 Å². The SMILES string of the molecule is c1ccc(COn2nnc3cc(Cn4ccnc4)ccc32)cc1. The van der Waals surface area contributed by atoms with Gasteiger partial charge in [0.1, 0.15) is 17.6 Å². The Labute approximate surface area is 132 Å². The van der Waals surface area contributed by atoms with Gasteiger partial charge < -0.3 is 9.40 Å². The largest absolute Gasteiger partial charge is 0.390 e. The summed E-state index contributed by atoms with van der Waals surface area (Å²) < 4.78 is 2.01. The number of nitrogens with zero attached hydrogens (tertiary/aromatic N) is 5. The molecule has 2 aromatic carbocycles. The van der Waals surface area contributed by atoms with Crippen LogP contribution in [0.2, 0.25) is 0 Å². The zero-order valence-corrected chi connectivity index (χ0v) is 12.4. The van der Waals surface area contributed by atoms with Crippen molar-refractivity contribution < 1.29 is 4.84 Å². The van der Waals surface area contributed by atoms with Gasteiger partial charge in [-0.15, -0.1) is 5.10 Å². The van der Waals surface area contributed by atoms with E-state index in [4.69, 9.17) is 4.84 Å². The molecule has 4 rings (SSSR count). The molecule has 2 heterocycles. The minimum Gasteiger partial charge on any atom is -0.390 e. The average Bonchev–Trinajstić information content (AvgIpc) is 3.23. The molecule has 0 bridgehead atoms. The Hall–Kier alpha value is -3.15. The summed E-state index contributed by atoms with van der Waals surface area (Å²) in [4.78, 5) is 11.2. The summed E-state index contributed by atoms with van der Waals surface area (Å²) in [5.74, 6) is 0. The Morgan fingerprint density at radius 2 is 1.91 bits per heavy atom. The first-order valence-electron chi connectivity index (χ1n) is 7.36. The third-order valence-corrected chi connectivity index (χ3v) is 3.60. The van der Waals surface area contributed by atoms with Crippen LogP contribution in [0, 0.1) is 0 Å². The molecule has 0 N–H and O–H groups in total. The van der Waals surface area contributed by atoms with Crippen molar-refractivity contribution in [3.8, 4) is 0 Å². The topological polar surface area (TPSA) is 57.8 Å². The van der Waals surface area contributed by atoms with Crippen molar-refractivity contribution in [1.82, 2.24) is 24.7 Å². The molecular formula is C17H15N5O. The van der Waals surface area contributed by atoms with Crippen molar-refractivity contribution in [2.24, 2.45) is 0 Å². The summed E-state index contributed by atoms with van der Waals surface area (Å²) in [5, 5.41) is 8.26. The van der Waals surface area contributed by atoms with Gasteiger partial charge in [-0.05, 0) is 28.5 Å². The van der Waals surface area contributed by atoms with Gasteiger partial charge in [0, 0.05) is 18.9 Å². The van der Waals surface area contributed by atoms with E-state index >= 15 is 0 Å². The highest BCUT2D eigenvalue weighted by atomic mass is 16.7. The first-order valence-corrected chi connectivity index (χ1v) is 7.36. The molecule has 0 saturated carbocycles. The van der Waals surface area contributed by atoms with Gasteiger partial charge in [-0.1, -0.05) is 41.2 Å². The Bertz CT molecular complexity index is 899. The first-order chi connectivity index (χ1) is 11.4. The Kier molecular flexibility index (Phi) is 3.48. The molecule has 114 valence electrons. The van der Waals surface area contributed by atoms with E-state index in [2.05, 4.69) is 15.3 Å². The second-order valence-electron chi connectivity index (χ2n) is 5.28. The summed E-state index contributed by atoms with van der Waals surface area (Å²) in [6.45, 7) is 1.21. The molecule has 0 aliphatic carbocycles. The molecule has 2 aromatic heterocycles. The highest BCUT2D eigenvalue weighted by Crippen LogP contribution is 2.14. The summed E-state index contributed by atoms with van der Waals surface area (Å²) in [5.41, 5.74) is 3.91. The van der Waals surface area contributed by atoms with E-state index in [0.29, 0.717) is 6.61 Å². The van der Waals surface area contributed by atoms with Crippen LogP contribution < -0.4 is 4.84 Å². The van der Waals surface area contributed by atoms with Crippen molar-refractivity contribution in [3.63, 3.8) is 0 Å². The lowest BCUT2D eigenvalue weighted by Crippen LogP contribution is -2.12. The lowest BCUT2D eigenvalue weighted by molar-refractivity contribution is 0.0752. The molecule has 6 heteroatoms. The van der Waals surface area contributed by atoms with Gasteiger partial charge in [0.15, 0.2) is 0 Å². The second-order valence-corrected chi connectivity index (χ2v) is 5.28. The molecule has 0 amide bonds. The van der Waals surface area contributed by atoms with Crippen LogP contribution in [0.15, 0.2) is 67.3 Å². The quantitative estimate of drug-likeness (QED) is 0.568. The third-order valence-electron chi connectivity index (χ3n) is 3.60. The van der Waals surface area contributed by atoms with E-state index in [1.165, 1.54) is 4.85 Å². The number of fused-ring (bicyclic) bond motifs is 1. The van der Waals surface area contributed by atoms with Crippen LogP contribution in [-0.4, -0.2) is 24.7 Å². The second kappa shape index (κ2) is 5.92. The smallest absolute Gasteiger partial charge is 0.142 e. The molecule has 0 radical (unpaired) electrons. The van der Waals surface area contributed by atoms with E-state index < -0.39 is 0 Å². The van der Waals surface area contributed by atoms with Crippen molar-refractivity contribution in [3.05, 3.63) is 78.4 Å². The molecule has 0 atom stereocenters. The summed E-state index contributed by atoms with van der Waals surface area (Å²) in [7, 11) is 0. The van der Waals surface area contributed by atoms with E-state index in [1.54, 1.807) is 12.5 Å². The zero-order valence-electron chi connectivity index (χ0n) is 12.4. The van der Waals surface area contributed by atoms with Crippen LogP contribution in [-0.2, 0) is 13.2 Å². The molecule has 0 unspecified atom stereocenters. The van der Waals surface area contributed by atoms with E-state index in [9.17, 15) is 0 Å². The van der Waals surface area contributed by atoms with Gasteiger partial charge in [0.25, 0.3) is 0 Å². The minimum atomic E-state index is 0.454. The predicted molar refractivity (Wildman–Crippen MR) is 85.6 cm³/mol. The molecule has 0 spiro atoms. The standard InChI is InChI=1S/C17H15N5O/c1-2-4-14(5-3-1)12-23-22-17-7-6-15(10-16(17)19-20-22)11-21-9-8-18-13-21/h1-10,13H,11-12H2. The molecule has 6 nitrogen and oxygen atoms in total. The fourth-order valence-corrected chi connectivity index (χ4v) is 2.44. The lowest BCUT2D eigenvalue weighted by atomic mass is 10.2. The van der Waals surface area contributed by atoms with Crippen LogP contribution in [0.4, 0.5) is 0 Å². The minimum absolute atomic E-state index is 0.454. The number of aromatic nitrogens is 5. The Morgan fingerprint density at radius 1 is 1.00 bits per heavy atom. The Morgan fingerprint density at radius 3 is 2.74 bits per heavy atom. The van der Waals surface area contributed by atoms with Gasteiger partial charge in [-0.25, -0.2) is 4.98 Å². The normalized spacial score (nSPS) is 11.0. The number of rotatable bonds is 5. The molecule has 0 aliphatic rings. The van der Waals surface area contributed by atoms with Crippen LogP contribution in [0.5, 0.6) is 0 Å². The first kappa shape index (κ1) is 13.5. The fraction of sp³-hybridized carbons (Fsp3) is 0.118. The van der Waals surface area contributed by atoms with Gasteiger partial charge >= 0.3 is 0 Å². The average molecular weight is 305 g/mol. The Balaban J connectivity index is 1.53. The fourth-order valence-electron chi connectivity index (χ4n) is 2.44. The van der Waals surface area contributed by atoms with Crippen LogP contribution in [0.1, 0.15) is 11.1 Å². The predicted octanol–water partition coefficient (Wildman–Crippen LogP) is 2.30. The van der Waals surface area contributed by atoms with E-state index in [1.807, 2.05) is 59.3 Å². The molecule has 4 aromatic rings. The van der Waals surface area contributed by atoms with Crippen molar-refractivity contribution in [2.45, 2.75) is 13.2 Å². The van der Waals surface area contributed by atoms with E-state index in [-0.39, 0.29) is 0 Å². The summed E-state index contributed by atoms with van der Waals surface area (Å²) in [6.07, 6.45) is 5.50. The molecule has 0 aliphatic heterocycles. The number of hydrogen-bond donors (Lipinski definition) is 0. The number of hydrogen-bond acceptors (Lipinski definition) is 4. The maximum absolute atomic E-state index is 5.72. The molecule has 0 fully saturated rings. The zero-order chi connectivity index (χ0) is 15.5. The number of imidazole rings is 1. The van der Waals surface area contributed by atoms with Crippen molar-refractivity contribution in [2.75, 3.05) is 0 Å². The summed E-state index contributed by atoms with van der Waals surface area (Å²) >= 11 is 0. The highest BCUT2D eigenvalue weighted by Gasteiger charge is 2.07. The molecule has 0 saturated heterocycles. The van der Waals surface area contributed by atoms with Gasteiger partial charge in [0.2, 0.25) is 0 Å². The third kappa shape index (κ3) is 2.91. The van der Waals surface area contributed by atoms with E-state index in [0.717, 1.165) is 28.7 Å². The van der Waals surface area contributed by atoms with Crippen molar-refractivity contribution >= 4 is 11.0 Å². The van der Waals surface area contributed by atoms with Gasteiger partial charge in [-0.2, -0.15) is 0 Å². The van der Waals surface area contributed by atoms with Crippen molar-refractivity contribution in [1.29, 1.82) is 0 Å². The van der Waals surface area contributed by atoms with Gasteiger partial charge in [-0.3, -0.25) is 0 Å². The van der Waals surface area contributed by atoms with Crippen LogP contribution >= 0.6 is 0 Å².